The van der Waals surface area contributed by atoms with Crippen molar-refractivity contribution >= 4 is 27.3 Å². The van der Waals surface area contributed by atoms with Crippen LogP contribution >= 0.6 is 0 Å². The highest BCUT2D eigenvalue weighted by atomic mass is 32.2. The number of benzene rings is 2. The van der Waals surface area contributed by atoms with Crippen molar-refractivity contribution in [2.24, 2.45) is 0 Å². The minimum Gasteiger partial charge on any atom is -0.311 e. The van der Waals surface area contributed by atoms with Crippen molar-refractivity contribution in [3.63, 3.8) is 0 Å². The van der Waals surface area contributed by atoms with E-state index in [9.17, 15) is 13.2 Å². The molecule has 2 aromatic rings. The van der Waals surface area contributed by atoms with E-state index < -0.39 is 10.0 Å². The number of nitrogens with zero attached hydrogens (tertiary/aromatic N) is 2. The summed E-state index contributed by atoms with van der Waals surface area (Å²) in [7, 11) is -3.71. The van der Waals surface area contributed by atoms with E-state index in [1.165, 1.54) is 4.31 Å². The number of hydrogen-bond acceptors (Lipinski definition) is 3. The van der Waals surface area contributed by atoms with E-state index in [1.807, 2.05) is 49.9 Å². The van der Waals surface area contributed by atoms with Crippen molar-refractivity contribution < 1.29 is 13.2 Å². The molecule has 0 bridgehead atoms. The average Bonchev–Trinajstić information content (AvgIpc) is 2.90. The topological polar surface area (TPSA) is 57.7 Å². The van der Waals surface area contributed by atoms with E-state index in [0.717, 1.165) is 41.8 Å². The molecule has 0 spiro atoms. The summed E-state index contributed by atoms with van der Waals surface area (Å²) in [6.45, 7) is 6.69. The molecule has 0 saturated carbocycles. The lowest BCUT2D eigenvalue weighted by Gasteiger charge is -2.28. The van der Waals surface area contributed by atoms with Crippen molar-refractivity contribution in [1.29, 1.82) is 0 Å². The van der Waals surface area contributed by atoms with Crippen LogP contribution in [0.2, 0.25) is 0 Å². The monoisotopic (exact) mass is 384 g/mol. The number of carbonyl (C=O) groups is 1. The summed E-state index contributed by atoms with van der Waals surface area (Å²) in [5.41, 5.74) is 4.36. The second-order valence-electron chi connectivity index (χ2n) is 7.29. The summed E-state index contributed by atoms with van der Waals surface area (Å²) in [5, 5.41) is 0. The molecular weight excluding hydrogens is 360 g/mol. The molecule has 0 fully saturated rings. The van der Waals surface area contributed by atoms with Crippen LogP contribution in [0.15, 0.2) is 41.3 Å². The average molecular weight is 385 g/mol. The second-order valence-corrected chi connectivity index (χ2v) is 9.15. The maximum absolute atomic E-state index is 13.5. The van der Waals surface area contributed by atoms with E-state index in [1.54, 1.807) is 12.1 Å². The Hall–Kier alpha value is -2.34. The van der Waals surface area contributed by atoms with Crippen LogP contribution < -0.4 is 9.21 Å². The molecule has 1 amide bonds. The van der Waals surface area contributed by atoms with E-state index in [2.05, 4.69) is 0 Å². The number of hydrogen-bond donors (Lipinski definition) is 0. The van der Waals surface area contributed by atoms with E-state index in [4.69, 9.17) is 0 Å². The number of rotatable bonds is 4. The predicted molar refractivity (Wildman–Crippen MR) is 107 cm³/mol. The van der Waals surface area contributed by atoms with Crippen molar-refractivity contribution in [3.8, 4) is 0 Å². The van der Waals surface area contributed by atoms with Gasteiger partial charge in [-0.2, -0.15) is 0 Å². The summed E-state index contributed by atoms with van der Waals surface area (Å²) in [6.07, 6.45) is 1.67. The van der Waals surface area contributed by atoms with Gasteiger partial charge >= 0.3 is 0 Å². The smallest absolute Gasteiger partial charge is 0.264 e. The molecule has 2 aliphatic heterocycles. The highest BCUT2D eigenvalue weighted by molar-refractivity contribution is 7.92. The van der Waals surface area contributed by atoms with E-state index in [-0.39, 0.29) is 16.7 Å². The first kappa shape index (κ1) is 18.0. The number of para-hydroxylation sites is 1. The molecule has 5 nitrogen and oxygen atoms in total. The SMILES string of the molecule is CCN(c1ccccc1C)S(=O)(=O)c1cc2c3c(c1)[C@H](C)C(=O)N3CCC2. The molecule has 2 heterocycles. The fourth-order valence-electron chi connectivity index (χ4n) is 4.25. The lowest BCUT2D eigenvalue weighted by atomic mass is 9.97. The number of amides is 1. The van der Waals surface area contributed by atoms with Gasteiger partial charge in [-0.05, 0) is 68.5 Å². The Morgan fingerprint density at radius 3 is 2.67 bits per heavy atom. The zero-order valence-electron chi connectivity index (χ0n) is 15.9. The van der Waals surface area contributed by atoms with Gasteiger partial charge in [0.1, 0.15) is 0 Å². The molecule has 1 atom stereocenters. The first-order chi connectivity index (χ1) is 12.9. The van der Waals surface area contributed by atoms with Crippen LogP contribution in [0.25, 0.3) is 0 Å². The third-order valence-corrected chi connectivity index (χ3v) is 7.52. The Morgan fingerprint density at radius 2 is 1.96 bits per heavy atom. The summed E-state index contributed by atoms with van der Waals surface area (Å²) >= 11 is 0. The maximum Gasteiger partial charge on any atom is 0.264 e. The highest BCUT2D eigenvalue weighted by Crippen LogP contribution is 2.44. The summed E-state index contributed by atoms with van der Waals surface area (Å²) < 4.78 is 28.5. The van der Waals surface area contributed by atoms with Gasteiger partial charge in [0, 0.05) is 13.1 Å². The first-order valence-electron chi connectivity index (χ1n) is 9.42. The molecule has 0 aliphatic carbocycles. The van der Waals surface area contributed by atoms with Crippen LogP contribution in [0, 0.1) is 6.92 Å². The van der Waals surface area contributed by atoms with E-state index in [0.29, 0.717) is 12.2 Å². The molecule has 0 radical (unpaired) electrons. The quantitative estimate of drug-likeness (QED) is 0.809. The molecule has 0 unspecified atom stereocenters. The minimum absolute atomic E-state index is 0.0757. The molecule has 0 N–H and O–H groups in total. The molecule has 6 heteroatoms. The predicted octanol–water partition coefficient (Wildman–Crippen LogP) is 3.61. The normalized spacial score (nSPS) is 18.6. The van der Waals surface area contributed by atoms with Crippen LogP contribution in [0.4, 0.5) is 11.4 Å². The molecule has 142 valence electrons. The first-order valence-corrected chi connectivity index (χ1v) is 10.9. The molecule has 27 heavy (non-hydrogen) atoms. The lowest BCUT2D eigenvalue weighted by molar-refractivity contribution is -0.119. The Balaban J connectivity index is 1.86. The van der Waals surface area contributed by atoms with Crippen molar-refractivity contribution in [3.05, 3.63) is 53.1 Å². The molecule has 0 saturated heterocycles. The minimum atomic E-state index is -3.71. The van der Waals surface area contributed by atoms with Crippen molar-refractivity contribution in [2.45, 2.75) is 44.4 Å². The molecule has 4 rings (SSSR count). The Bertz CT molecular complexity index is 1030. The summed E-state index contributed by atoms with van der Waals surface area (Å²) in [4.78, 5) is 14.7. The van der Waals surface area contributed by atoms with Gasteiger partial charge in [0.25, 0.3) is 10.0 Å². The van der Waals surface area contributed by atoms with Gasteiger partial charge < -0.3 is 4.90 Å². The maximum atomic E-state index is 13.5. The second kappa shape index (κ2) is 6.37. The molecule has 2 aromatic carbocycles. The van der Waals surface area contributed by atoms with Gasteiger partial charge in [0.15, 0.2) is 0 Å². The molecule has 0 aromatic heterocycles. The summed E-state index contributed by atoms with van der Waals surface area (Å²) in [6, 6.07) is 11.0. The third kappa shape index (κ3) is 2.65. The van der Waals surface area contributed by atoms with Gasteiger partial charge in [-0.25, -0.2) is 8.42 Å². The van der Waals surface area contributed by atoms with Crippen LogP contribution in [0.1, 0.15) is 42.9 Å². The van der Waals surface area contributed by atoms with Crippen LogP contribution in [-0.2, 0) is 21.2 Å². The van der Waals surface area contributed by atoms with Gasteiger partial charge in [-0.1, -0.05) is 18.2 Å². The molecule has 2 aliphatic rings. The van der Waals surface area contributed by atoms with Crippen molar-refractivity contribution in [1.82, 2.24) is 0 Å². The van der Waals surface area contributed by atoms with Gasteiger partial charge in [-0.15, -0.1) is 0 Å². The van der Waals surface area contributed by atoms with Crippen LogP contribution in [0.5, 0.6) is 0 Å². The third-order valence-electron chi connectivity index (χ3n) is 5.65. The number of sulfonamides is 1. The van der Waals surface area contributed by atoms with Crippen LogP contribution in [-0.4, -0.2) is 27.4 Å². The van der Waals surface area contributed by atoms with E-state index >= 15 is 0 Å². The fraction of sp³-hybridized carbons (Fsp3) is 0.381. The standard InChI is InChI=1S/C21H24N2O3S/c1-4-23(19-10-6-5-8-14(19)2)27(25,26)17-12-16-9-7-11-22-20(16)18(13-17)15(3)21(22)24/h5-6,8,10,12-13,15H,4,7,9,11H2,1-3H3/t15-/m0/s1. The fourth-order valence-corrected chi connectivity index (χ4v) is 5.88. The zero-order valence-corrected chi connectivity index (χ0v) is 16.7. The van der Waals surface area contributed by atoms with Gasteiger partial charge in [0.05, 0.1) is 22.2 Å². The van der Waals surface area contributed by atoms with Crippen molar-refractivity contribution in [2.75, 3.05) is 22.3 Å². The number of anilines is 2. The van der Waals surface area contributed by atoms with Crippen LogP contribution in [0.3, 0.4) is 0 Å². The largest absolute Gasteiger partial charge is 0.311 e. The van der Waals surface area contributed by atoms with Gasteiger partial charge in [0.2, 0.25) is 5.91 Å². The Kier molecular flexibility index (Phi) is 4.26. The Morgan fingerprint density at radius 1 is 1.22 bits per heavy atom. The number of carbonyl (C=O) groups excluding carboxylic acids is 1. The summed E-state index contributed by atoms with van der Waals surface area (Å²) in [5.74, 6) is -0.215. The molecular formula is C21H24N2O3S. The zero-order chi connectivity index (χ0) is 19.3. The highest BCUT2D eigenvalue weighted by Gasteiger charge is 2.39. The van der Waals surface area contributed by atoms with Gasteiger partial charge in [-0.3, -0.25) is 9.10 Å². The lowest BCUT2D eigenvalue weighted by Crippen LogP contribution is -2.33. The Labute approximate surface area is 160 Å². The number of aryl methyl sites for hydroxylation is 2.